The molecule has 0 radical (unpaired) electrons. The number of benzene rings is 3. The van der Waals surface area contributed by atoms with E-state index in [0.717, 1.165) is 23.3 Å². The minimum atomic E-state index is -4.53. The van der Waals surface area contributed by atoms with Gasteiger partial charge in [-0.2, -0.15) is 13.2 Å². The fraction of sp³-hybridized carbons (Fsp3) is 0.214. The summed E-state index contributed by atoms with van der Waals surface area (Å²) in [6, 6.07) is 17.4. The Morgan fingerprint density at radius 1 is 0.972 bits per heavy atom. The normalized spacial score (nSPS) is 13.6. The Bertz CT molecular complexity index is 1330. The van der Waals surface area contributed by atoms with Crippen LogP contribution in [0.5, 0.6) is 5.75 Å². The van der Waals surface area contributed by atoms with Crippen molar-refractivity contribution < 1.29 is 32.6 Å². The van der Waals surface area contributed by atoms with E-state index in [1.807, 2.05) is 30.3 Å². The van der Waals surface area contributed by atoms with Crippen LogP contribution in [-0.4, -0.2) is 17.0 Å². The van der Waals surface area contributed by atoms with Crippen molar-refractivity contribution in [1.29, 1.82) is 0 Å². The number of aromatic carboxylic acids is 1. The summed E-state index contributed by atoms with van der Waals surface area (Å²) in [5, 5.41) is 12.2. The lowest BCUT2D eigenvalue weighted by molar-refractivity contribution is -0.137. The zero-order valence-electron chi connectivity index (χ0n) is 19.5. The summed E-state index contributed by atoms with van der Waals surface area (Å²) < 4.78 is 46.7. The molecule has 2 N–H and O–H groups in total. The molecule has 0 atom stereocenters. The maximum Gasteiger partial charge on any atom is 0.416 e. The lowest BCUT2D eigenvalue weighted by atomic mass is 9.93. The molecular formula is C28H24F3NO4. The summed E-state index contributed by atoms with van der Waals surface area (Å²) in [7, 11) is 0. The molecule has 0 heterocycles. The second-order valence-corrected chi connectivity index (χ2v) is 8.54. The van der Waals surface area contributed by atoms with Gasteiger partial charge in [-0.25, -0.2) is 4.79 Å². The molecule has 186 valence electrons. The van der Waals surface area contributed by atoms with Crippen LogP contribution in [0.3, 0.4) is 0 Å². The van der Waals surface area contributed by atoms with E-state index in [1.54, 1.807) is 6.07 Å². The lowest BCUT2D eigenvalue weighted by Crippen LogP contribution is -2.11. The number of anilines is 1. The molecule has 36 heavy (non-hydrogen) atoms. The van der Waals surface area contributed by atoms with E-state index < -0.39 is 23.6 Å². The molecule has 1 aliphatic carbocycles. The number of hydrogen-bond donors (Lipinski definition) is 2. The minimum absolute atomic E-state index is 0.0916. The van der Waals surface area contributed by atoms with Gasteiger partial charge in [0.25, 0.3) is 0 Å². The molecule has 1 aliphatic rings. The maximum atomic E-state index is 13.6. The number of amides is 1. The Morgan fingerprint density at radius 3 is 2.36 bits per heavy atom. The van der Waals surface area contributed by atoms with Crippen molar-refractivity contribution in [1.82, 2.24) is 0 Å². The smallest absolute Gasteiger partial charge is 0.416 e. The number of allylic oxidation sites excluding steroid dienone is 2. The first-order valence-corrected chi connectivity index (χ1v) is 11.4. The van der Waals surface area contributed by atoms with Gasteiger partial charge in [-0.15, -0.1) is 0 Å². The highest BCUT2D eigenvalue weighted by Crippen LogP contribution is 2.45. The fourth-order valence-corrected chi connectivity index (χ4v) is 4.37. The number of carbonyl (C=O) groups excluding carboxylic acids is 1. The number of carboxylic acid groups (broad SMARTS) is 1. The first-order valence-electron chi connectivity index (χ1n) is 11.4. The molecular weight excluding hydrogens is 471 g/mol. The Kier molecular flexibility index (Phi) is 7.15. The number of ether oxygens (including phenoxy) is 1. The van der Waals surface area contributed by atoms with Gasteiger partial charge in [0.05, 0.1) is 16.8 Å². The van der Waals surface area contributed by atoms with E-state index in [2.05, 4.69) is 5.32 Å². The maximum absolute atomic E-state index is 13.6. The number of halogens is 3. The molecule has 1 amide bonds. The molecule has 0 saturated heterocycles. The summed E-state index contributed by atoms with van der Waals surface area (Å²) in [5.74, 6) is -1.29. The van der Waals surface area contributed by atoms with E-state index >= 15 is 0 Å². The predicted molar refractivity (Wildman–Crippen MR) is 131 cm³/mol. The summed E-state index contributed by atoms with van der Waals surface area (Å²) in [5.41, 5.74) is 2.54. The van der Waals surface area contributed by atoms with Crippen LogP contribution in [0.25, 0.3) is 11.1 Å². The summed E-state index contributed by atoms with van der Waals surface area (Å²) >= 11 is 0. The molecule has 3 aromatic rings. The van der Waals surface area contributed by atoms with Crippen LogP contribution in [0.15, 0.2) is 66.7 Å². The predicted octanol–water partition coefficient (Wildman–Crippen LogP) is 7.04. The Balaban J connectivity index is 1.80. The van der Waals surface area contributed by atoms with Crippen LogP contribution in [0.1, 0.15) is 58.8 Å². The topological polar surface area (TPSA) is 75.6 Å². The van der Waals surface area contributed by atoms with Gasteiger partial charge in [0.1, 0.15) is 12.4 Å². The molecule has 0 fully saturated rings. The van der Waals surface area contributed by atoms with Crippen molar-refractivity contribution in [2.75, 3.05) is 5.32 Å². The third-order valence-electron chi connectivity index (χ3n) is 6.00. The fourth-order valence-electron chi connectivity index (χ4n) is 4.37. The molecule has 0 aliphatic heterocycles. The van der Waals surface area contributed by atoms with E-state index in [4.69, 9.17) is 4.74 Å². The molecule has 3 aromatic carbocycles. The van der Waals surface area contributed by atoms with Gasteiger partial charge in [0, 0.05) is 12.5 Å². The first kappa shape index (κ1) is 25.0. The van der Waals surface area contributed by atoms with Crippen LogP contribution in [0, 0.1) is 0 Å². The quantitative estimate of drug-likeness (QED) is 0.369. The second-order valence-electron chi connectivity index (χ2n) is 8.54. The van der Waals surface area contributed by atoms with E-state index in [-0.39, 0.29) is 17.9 Å². The van der Waals surface area contributed by atoms with Crippen molar-refractivity contribution in [3.05, 3.63) is 94.5 Å². The highest BCUT2D eigenvalue weighted by atomic mass is 19.4. The van der Waals surface area contributed by atoms with Gasteiger partial charge in [-0.3, -0.25) is 4.79 Å². The van der Waals surface area contributed by atoms with Gasteiger partial charge in [0.15, 0.2) is 0 Å². The Morgan fingerprint density at radius 2 is 1.69 bits per heavy atom. The summed E-state index contributed by atoms with van der Waals surface area (Å²) in [6.45, 7) is 1.47. The summed E-state index contributed by atoms with van der Waals surface area (Å²) in [6.07, 6.45) is -2.73. The first-order chi connectivity index (χ1) is 17.1. The van der Waals surface area contributed by atoms with Gasteiger partial charge in [-0.05, 0) is 71.9 Å². The molecule has 0 aromatic heterocycles. The van der Waals surface area contributed by atoms with E-state index in [0.29, 0.717) is 41.7 Å². The number of rotatable bonds is 7. The third kappa shape index (κ3) is 5.59. The number of nitrogens with one attached hydrogen (secondary N) is 1. The average molecular weight is 495 g/mol. The van der Waals surface area contributed by atoms with Gasteiger partial charge < -0.3 is 15.2 Å². The van der Waals surface area contributed by atoms with Gasteiger partial charge in [0.2, 0.25) is 5.91 Å². The van der Waals surface area contributed by atoms with Crippen molar-refractivity contribution >= 4 is 28.7 Å². The molecule has 0 saturated carbocycles. The van der Waals surface area contributed by atoms with Crippen molar-refractivity contribution in [2.24, 2.45) is 0 Å². The molecule has 0 bridgehead atoms. The molecule has 5 nitrogen and oxygen atoms in total. The number of alkyl halides is 3. The Hall–Kier alpha value is -4.07. The van der Waals surface area contributed by atoms with Gasteiger partial charge in [-0.1, -0.05) is 36.4 Å². The van der Waals surface area contributed by atoms with Gasteiger partial charge >= 0.3 is 12.1 Å². The highest BCUT2D eigenvalue weighted by Gasteiger charge is 2.32. The third-order valence-corrected chi connectivity index (χ3v) is 6.00. The largest absolute Gasteiger partial charge is 0.488 e. The van der Waals surface area contributed by atoms with Crippen LogP contribution >= 0.6 is 0 Å². The van der Waals surface area contributed by atoms with Crippen molar-refractivity contribution in [2.45, 2.75) is 39.0 Å². The molecule has 0 unspecified atom stereocenters. The molecule has 4 rings (SSSR count). The number of carbonyl (C=O) groups is 2. The van der Waals surface area contributed by atoms with E-state index in [9.17, 15) is 27.9 Å². The standard InChI is InChI=1S/C28H24F3NO4/c1-17(33)32-25-12-10-19(14-24(25)27(34)35)21-8-5-9-22(21)23-15-20(28(29,30)31)11-13-26(23)36-16-18-6-3-2-4-7-18/h2-4,6-7,10-15H,5,8-9,16H2,1H3,(H,32,33)(H,34,35). The lowest BCUT2D eigenvalue weighted by Gasteiger charge is -2.18. The minimum Gasteiger partial charge on any atom is -0.488 e. The number of carboxylic acids is 1. The van der Waals surface area contributed by atoms with Crippen LogP contribution in [0.2, 0.25) is 0 Å². The average Bonchev–Trinajstić information content (AvgIpc) is 3.32. The van der Waals surface area contributed by atoms with Crippen LogP contribution < -0.4 is 10.1 Å². The zero-order chi connectivity index (χ0) is 25.9. The monoisotopic (exact) mass is 495 g/mol. The van der Waals surface area contributed by atoms with Crippen molar-refractivity contribution in [3.8, 4) is 5.75 Å². The Labute approximate surface area is 206 Å². The second kappa shape index (κ2) is 10.3. The van der Waals surface area contributed by atoms with Crippen LogP contribution in [-0.2, 0) is 17.6 Å². The highest BCUT2D eigenvalue weighted by molar-refractivity contribution is 6.02. The van der Waals surface area contributed by atoms with Crippen molar-refractivity contribution in [3.63, 3.8) is 0 Å². The SMILES string of the molecule is CC(=O)Nc1ccc(C2=C(c3cc(C(F)(F)F)ccc3OCc3ccccc3)CCC2)cc1C(=O)O. The molecule has 0 spiro atoms. The van der Waals surface area contributed by atoms with E-state index in [1.165, 1.54) is 25.1 Å². The van der Waals surface area contributed by atoms with Crippen LogP contribution in [0.4, 0.5) is 18.9 Å². The molecule has 8 heteroatoms. The number of hydrogen-bond acceptors (Lipinski definition) is 3. The zero-order valence-corrected chi connectivity index (χ0v) is 19.5. The summed E-state index contributed by atoms with van der Waals surface area (Å²) in [4.78, 5) is 23.3.